The van der Waals surface area contributed by atoms with Crippen LogP contribution in [0.5, 0.6) is 0 Å². The molecule has 0 saturated carbocycles. The van der Waals surface area contributed by atoms with Crippen molar-refractivity contribution in [2.75, 3.05) is 0 Å². The first-order valence-corrected chi connectivity index (χ1v) is 13.7. The number of hydrogen-bond donors (Lipinski definition) is 0. The van der Waals surface area contributed by atoms with Gasteiger partial charge >= 0.3 is 0 Å². The highest BCUT2D eigenvalue weighted by atomic mass is 14.7. The van der Waals surface area contributed by atoms with Crippen molar-refractivity contribution in [2.24, 2.45) is 0 Å². The van der Waals surface area contributed by atoms with E-state index in [1.54, 1.807) is 0 Å². The van der Waals surface area contributed by atoms with Crippen molar-refractivity contribution in [1.29, 1.82) is 0 Å². The first-order valence-electron chi connectivity index (χ1n) is 13.7. The molecule has 1 heterocycles. The Bertz CT molecular complexity index is 2150. The molecule has 0 bridgehead atoms. The SMILES string of the molecule is c1ccc2cc(-c3ccc(-c4c5ccccc5c(-c5ccc6ccccc6c5)c5ccccc45)cn3)ccc2c1. The normalized spacial score (nSPS) is 11.5. The third-order valence-corrected chi connectivity index (χ3v) is 8.07. The lowest BCUT2D eigenvalue weighted by molar-refractivity contribution is 1.33. The average Bonchev–Trinajstić information content (AvgIpc) is 3.03. The monoisotopic (exact) mass is 507 g/mol. The van der Waals surface area contributed by atoms with E-state index in [0.29, 0.717) is 0 Å². The average molecular weight is 508 g/mol. The molecule has 0 aliphatic heterocycles. The van der Waals surface area contributed by atoms with Gasteiger partial charge in [0.2, 0.25) is 0 Å². The minimum atomic E-state index is 0.982. The van der Waals surface area contributed by atoms with E-state index in [-0.39, 0.29) is 0 Å². The summed E-state index contributed by atoms with van der Waals surface area (Å²) >= 11 is 0. The number of hydrogen-bond acceptors (Lipinski definition) is 1. The Labute approximate surface area is 233 Å². The fourth-order valence-corrected chi connectivity index (χ4v) is 6.16. The molecule has 7 aromatic carbocycles. The van der Waals surface area contributed by atoms with Gasteiger partial charge in [0.25, 0.3) is 0 Å². The molecule has 0 saturated heterocycles. The molecule has 8 rings (SSSR count). The number of rotatable bonds is 3. The second-order valence-corrected chi connectivity index (χ2v) is 10.4. The number of benzene rings is 7. The van der Waals surface area contributed by atoms with Gasteiger partial charge in [-0.25, -0.2) is 0 Å². The van der Waals surface area contributed by atoms with E-state index in [9.17, 15) is 0 Å². The molecule has 0 fully saturated rings. The van der Waals surface area contributed by atoms with Gasteiger partial charge in [-0.15, -0.1) is 0 Å². The Morgan fingerprint density at radius 3 is 1.27 bits per heavy atom. The summed E-state index contributed by atoms with van der Waals surface area (Å²) < 4.78 is 0. The van der Waals surface area contributed by atoms with E-state index >= 15 is 0 Å². The smallest absolute Gasteiger partial charge is 0.0702 e. The van der Waals surface area contributed by atoms with Gasteiger partial charge in [-0.1, -0.05) is 127 Å². The summed E-state index contributed by atoms with van der Waals surface area (Å²) in [6.45, 7) is 0. The van der Waals surface area contributed by atoms with E-state index in [1.165, 1.54) is 59.8 Å². The van der Waals surface area contributed by atoms with Crippen molar-refractivity contribution < 1.29 is 0 Å². The summed E-state index contributed by atoms with van der Waals surface area (Å²) in [7, 11) is 0. The van der Waals surface area contributed by atoms with Gasteiger partial charge in [0, 0.05) is 17.3 Å². The van der Waals surface area contributed by atoms with Gasteiger partial charge in [-0.2, -0.15) is 0 Å². The van der Waals surface area contributed by atoms with Crippen LogP contribution < -0.4 is 0 Å². The standard InChI is InChI=1S/C39H25N/c1-3-11-28-23-30(19-17-26(28)9-1)37-22-21-32(25-40-37)39-35-15-7-5-13-33(35)38(34-14-6-8-16-36(34)39)31-20-18-27-10-2-4-12-29(27)24-31/h1-25H. The Kier molecular flexibility index (Phi) is 5.21. The van der Waals surface area contributed by atoms with E-state index in [1.807, 2.05) is 6.20 Å². The first kappa shape index (κ1) is 22.7. The molecule has 0 unspecified atom stereocenters. The zero-order chi connectivity index (χ0) is 26.5. The Morgan fingerprint density at radius 1 is 0.325 bits per heavy atom. The Morgan fingerprint density at radius 2 is 0.750 bits per heavy atom. The maximum atomic E-state index is 4.96. The third-order valence-electron chi connectivity index (χ3n) is 8.07. The van der Waals surface area contributed by atoms with Crippen LogP contribution in [0, 0.1) is 0 Å². The molecule has 1 aromatic heterocycles. The fourth-order valence-electron chi connectivity index (χ4n) is 6.16. The molecule has 40 heavy (non-hydrogen) atoms. The van der Waals surface area contributed by atoms with Crippen molar-refractivity contribution in [3.63, 3.8) is 0 Å². The van der Waals surface area contributed by atoms with Crippen LogP contribution in [-0.4, -0.2) is 4.98 Å². The van der Waals surface area contributed by atoms with Crippen LogP contribution in [-0.2, 0) is 0 Å². The highest BCUT2D eigenvalue weighted by Gasteiger charge is 2.17. The highest BCUT2D eigenvalue weighted by molar-refractivity contribution is 6.21. The summed E-state index contributed by atoms with van der Waals surface area (Å²) in [6.07, 6.45) is 2.04. The van der Waals surface area contributed by atoms with E-state index in [2.05, 4.69) is 146 Å². The van der Waals surface area contributed by atoms with Gasteiger partial charge in [0.05, 0.1) is 5.69 Å². The number of nitrogens with zero attached hydrogens (tertiary/aromatic N) is 1. The summed E-state index contributed by atoms with van der Waals surface area (Å²) in [6, 6.07) is 52.4. The fraction of sp³-hybridized carbons (Fsp3) is 0. The second kappa shape index (κ2) is 9.18. The molecule has 0 spiro atoms. The van der Waals surface area contributed by atoms with Crippen molar-refractivity contribution in [2.45, 2.75) is 0 Å². The Balaban J connectivity index is 1.33. The topological polar surface area (TPSA) is 12.9 Å². The van der Waals surface area contributed by atoms with Crippen LogP contribution in [0.1, 0.15) is 0 Å². The van der Waals surface area contributed by atoms with Crippen LogP contribution in [0.3, 0.4) is 0 Å². The van der Waals surface area contributed by atoms with Gasteiger partial charge in [0.15, 0.2) is 0 Å². The lowest BCUT2D eigenvalue weighted by atomic mass is 9.86. The predicted octanol–water partition coefficient (Wildman–Crippen LogP) is 10.7. The van der Waals surface area contributed by atoms with E-state index in [0.717, 1.165) is 16.8 Å². The molecule has 0 amide bonds. The van der Waals surface area contributed by atoms with Crippen molar-refractivity contribution in [3.8, 4) is 33.5 Å². The van der Waals surface area contributed by atoms with Crippen LogP contribution in [0.25, 0.3) is 76.6 Å². The number of fused-ring (bicyclic) bond motifs is 4. The van der Waals surface area contributed by atoms with Gasteiger partial charge < -0.3 is 0 Å². The van der Waals surface area contributed by atoms with Crippen molar-refractivity contribution in [1.82, 2.24) is 4.98 Å². The molecule has 1 nitrogen and oxygen atoms in total. The molecule has 1 heteroatoms. The lowest BCUT2D eigenvalue weighted by Crippen LogP contribution is -1.92. The molecule has 0 N–H and O–H groups in total. The minimum Gasteiger partial charge on any atom is -0.256 e. The van der Waals surface area contributed by atoms with Gasteiger partial charge in [0.1, 0.15) is 0 Å². The van der Waals surface area contributed by atoms with Gasteiger partial charge in [-0.05, 0) is 78.0 Å². The lowest BCUT2D eigenvalue weighted by Gasteiger charge is -2.18. The zero-order valence-electron chi connectivity index (χ0n) is 21.9. The van der Waals surface area contributed by atoms with Crippen LogP contribution in [0.4, 0.5) is 0 Å². The van der Waals surface area contributed by atoms with E-state index < -0.39 is 0 Å². The number of pyridine rings is 1. The van der Waals surface area contributed by atoms with Crippen molar-refractivity contribution >= 4 is 43.1 Å². The molecule has 8 aromatic rings. The molecular weight excluding hydrogens is 482 g/mol. The maximum Gasteiger partial charge on any atom is 0.0702 e. The molecule has 0 aliphatic carbocycles. The highest BCUT2D eigenvalue weighted by Crippen LogP contribution is 2.44. The van der Waals surface area contributed by atoms with Gasteiger partial charge in [-0.3, -0.25) is 4.98 Å². The molecule has 0 radical (unpaired) electrons. The minimum absolute atomic E-state index is 0.982. The summed E-state index contributed by atoms with van der Waals surface area (Å²) in [5.74, 6) is 0. The second-order valence-electron chi connectivity index (χ2n) is 10.4. The number of aromatic nitrogens is 1. The summed E-state index contributed by atoms with van der Waals surface area (Å²) in [5.41, 5.74) is 6.99. The quantitative estimate of drug-likeness (QED) is 0.217. The predicted molar refractivity (Wildman–Crippen MR) is 171 cm³/mol. The molecule has 0 aliphatic rings. The molecular formula is C39H25N. The maximum absolute atomic E-state index is 4.96. The zero-order valence-corrected chi connectivity index (χ0v) is 21.9. The molecule has 186 valence electrons. The Hall–Kier alpha value is -5.27. The van der Waals surface area contributed by atoms with E-state index in [4.69, 9.17) is 4.98 Å². The van der Waals surface area contributed by atoms with Crippen LogP contribution in [0.2, 0.25) is 0 Å². The third kappa shape index (κ3) is 3.67. The largest absolute Gasteiger partial charge is 0.256 e. The van der Waals surface area contributed by atoms with Crippen LogP contribution in [0.15, 0.2) is 152 Å². The van der Waals surface area contributed by atoms with Crippen molar-refractivity contribution in [3.05, 3.63) is 152 Å². The van der Waals surface area contributed by atoms with Crippen LogP contribution >= 0.6 is 0 Å². The summed E-state index contributed by atoms with van der Waals surface area (Å²) in [5, 5.41) is 9.98. The molecule has 0 atom stereocenters. The first-order chi connectivity index (χ1) is 19.8. The summed E-state index contributed by atoms with van der Waals surface area (Å²) in [4.78, 5) is 4.96.